The quantitative estimate of drug-likeness (QED) is 0.488. The van der Waals surface area contributed by atoms with Crippen molar-refractivity contribution in [2.24, 2.45) is 0 Å². The third kappa shape index (κ3) is 7.46. The molecule has 0 atom stereocenters. The van der Waals surface area contributed by atoms with Crippen LogP contribution in [0.2, 0.25) is 0 Å². The predicted octanol–water partition coefficient (Wildman–Crippen LogP) is 3.49. The normalized spacial score (nSPS) is 9.93. The lowest BCUT2D eigenvalue weighted by molar-refractivity contribution is -0.147. The number of benzene rings is 2. The van der Waals surface area contributed by atoms with E-state index in [1.165, 1.54) is 6.07 Å². The Morgan fingerprint density at radius 3 is 2.52 bits per heavy atom. The summed E-state index contributed by atoms with van der Waals surface area (Å²) in [5.41, 5.74) is 1.33. The number of nitriles is 1. The highest BCUT2D eigenvalue weighted by Gasteiger charge is 2.12. The van der Waals surface area contributed by atoms with E-state index in [0.29, 0.717) is 29.2 Å². The first-order valence-corrected chi connectivity index (χ1v) is 9.23. The van der Waals surface area contributed by atoms with Crippen LogP contribution in [0.3, 0.4) is 0 Å². The van der Waals surface area contributed by atoms with Crippen LogP contribution >= 0.6 is 0 Å². The van der Waals surface area contributed by atoms with Crippen LogP contribution in [0.15, 0.2) is 48.5 Å². The third-order valence-corrected chi connectivity index (χ3v) is 3.85. The van der Waals surface area contributed by atoms with E-state index in [2.05, 4.69) is 5.32 Å². The SMILES string of the molecule is CCCOc1ccc(C(=O)CCC(=O)OCC(=O)Nc2cccc(C#N)c2)cc1. The van der Waals surface area contributed by atoms with Crippen LogP contribution in [0, 0.1) is 11.3 Å². The number of ether oxygens (including phenoxy) is 2. The molecule has 0 fully saturated rings. The maximum Gasteiger partial charge on any atom is 0.306 e. The van der Waals surface area contributed by atoms with Gasteiger partial charge in [0.05, 0.1) is 24.7 Å². The monoisotopic (exact) mass is 394 g/mol. The van der Waals surface area contributed by atoms with Crippen LogP contribution in [-0.4, -0.2) is 30.9 Å². The predicted molar refractivity (Wildman–Crippen MR) is 107 cm³/mol. The van der Waals surface area contributed by atoms with Gasteiger partial charge in [0.25, 0.3) is 5.91 Å². The standard InChI is InChI=1S/C22H22N2O5/c1-2-12-28-19-8-6-17(7-9-19)20(25)10-11-22(27)29-15-21(26)24-18-5-3-4-16(13-18)14-23/h3-9,13H,2,10-12,15H2,1H3,(H,24,26). The van der Waals surface area contributed by atoms with Crippen LogP contribution in [0.5, 0.6) is 5.75 Å². The average molecular weight is 394 g/mol. The molecule has 0 aromatic heterocycles. The number of hydrogen-bond donors (Lipinski definition) is 1. The van der Waals surface area contributed by atoms with Crippen molar-refractivity contribution in [1.82, 2.24) is 0 Å². The number of carbonyl (C=O) groups is 3. The van der Waals surface area contributed by atoms with Crippen molar-refractivity contribution >= 4 is 23.3 Å². The highest BCUT2D eigenvalue weighted by Crippen LogP contribution is 2.14. The molecule has 0 aliphatic carbocycles. The number of Topliss-reactive ketones (excluding diaryl/α,β-unsaturated/α-hetero) is 1. The van der Waals surface area contributed by atoms with Gasteiger partial charge >= 0.3 is 5.97 Å². The molecule has 0 unspecified atom stereocenters. The average Bonchev–Trinajstić information content (AvgIpc) is 2.75. The van der Waals surface area contributed by atoms with Gasteiger partial charge in [-0.15, -0.1) is 0 Å². The smallest absolute Gasteiger partial charge is 0.306 e. The van der Waals surface area contributed by atoms with Gasteiger partial charge in [0.1, 0.15) is 5.75 Å². The van der Waals surface area contributed by atoms with Crippen LogP contribution in [-0.2, 0) is 14.3 Å². The second-order valence-corrected chi connectivity index (χ2v) is 6.20. The van der Waals surface area contributed by atoms with Crippen molar-refractivity contribution in [2.45, 2.75) is 26.2 Å². The Balaban J connectivity index is 1.72. The number of nitrogens with one attached hydrogen (secondary N) is 1. The van der Waals surface area contributed by atoms with Gasteiger partial charge in [-0.1, -0.05) is 13.0 Å². The van der Waals surface area contributed by atoms with E-state index in [1.807, 2.05) is 13.0 Å². The molecule has 2 aromatic carbocycles. The molecule has 150 valence electrons. The number of amides is 1. The lowest BCUT2D eigenvalue weighted by Crippen LogP contribution is -2.21. The van der Waals surface area contributed by atoms with Gasteiger partial charge in [-0.05, 0) is 48.9 Å². The van der Waals surface area contributed by atoms with Crippen LogP contribution < -0.4 is 10.1 Å². The van der Waals surface area contributed by atoms with Crippen molar-refractivity contribution in [1.29, 1.82) is 5.26 Å². The number of hydrogen-bond acceptors (Lipinski definition) is 6. The Hall–Kier alpha value is -3.66. The van der Waals surface area contributed by atoms with Crippen molar-refractivity contribution in [3.05, 3.63) is 59.7 Å². The van der Waals surface area contributed by atoms with Crippen LogP contribution in [0.1, 0.15) is 42.1 Å². The lowest BCUT2D eigenvalue weighted by Gasteiger charge is -2.07. The van der Waals surface area contributed by atoms with Gasteiger partial charge in [-0.25, -0.2) is 0 Å². The molecule has 0 saturated carbocycles. The summed E-state index contributed by atoms with van der Waals surface area (Å²) in [4.78, 5) is 35.8. The van der Waals surface area contributed by atoms with Gasteiger partial charge in [0.15, 0.2) is 12.4 Å². The zero-order chi connectivity index (χ0) is 21.1. The van der Waals surface area contributed by atoms with Crippen LogP contribution in [0.25, 0.3) is 0 Å². The van der Waals surface area contributed by atoms with Gasteiger partial charge in [0.2, 0.25) is 0 Å². The van der Waals surface area contributed by atoms with E-state index in [9.17, 15) is 14.4 Å². The third-order valence-electron chi connectivity index (χ3n) is 3.85. The van der Waals surface area contributed by atoms with Gasteiger partial charge in [0, 0.05) is 17.7 Å². The molecule has 0 aliphatic heterocycles. The molecule has 0 saturated heterocycles. The molecule has 7 heteroatoms. The molecule has 1 N–H and O–H groups in total. The molecule has 0 spiro atoms. The Morgan fingerprint density at radius 2 is 1.83 bits per heavy atom. The van der Waals surface area contributed by atoms with Crippen molar-refractivity contribution in [3.63, 3.8) is 0 Å². The van der Waals surface area contributed by atoms with E-state index in [-0.39, 0.29) is 18.6 Å². The second-order valence-electron chi connectivity index (χ2n) is 6.20. The highest BCUT2D eigenvalue weighted by atomic mass is 16.5. The Morgan fingerprint density at radius 1 is 1.07 bits per heavy atom. The van der Waals surface area contributed by atoms with Crippen molar-refractivity contribution in [2.75, 3.05) is 18.5 Å². The summed E-state index contributed by atoms with van der Waals surface area (Å²) in [6, 6.07) is 15.1. The maximum absolute atomic E-state index is 12.2. The van der Waals surface area contributed by atoms with E-state index in [1.54, 1.807) is 42.5 Å². The highest BCUT2D eigenvalue weighted by molar-refractivity contribution is 5.98. The molecule has 7 nitrogen and oxygen atoms in total. The maximum atomic E-state index is 12.2. The zero-order valence-corrected chi connectivity index (χ0v) is 16.1. The number of ketones is 1. The van der Waals surface area contributed by atoms with Crippen molar-refractivity contribution in [3.8, 4) is 11.8 Å². The topological polar surface area (TPSA) is 105 Å². The molecule has 0 aliphatic rings. The summed E-state index contributed by atoms with van der Waals surface area (Å²) in [5.74, 6) is -0.666. The lowest BCUT2D eigenvalue weighted by atomic mass is 10.1. The van der Waals surface area contributed by atoms with E-state index in [0.717, 1.165) is 6.42 Å². The summed E-state index contributed by atoms with van der Waals surface area (Å²) in [5, 5.41) is 11.4. The number of esters is 1. The fourth-order valence-electron chi connectivity index (χ4n) is 2.40. The first-order chi connectivity index (χ1) is 14.0. The van der Waals surface area contributed by atoms with Gasteiger partial charge < -0.3 is 14.8 Å². The Bertz CT molecular complexity index is 900. The molecule has 2 rings (SSSR count). The summed E-state index contributed by atoms with van der Waals surface area (Å²) < 4.78 is 10.4. The molecular formula is C22H22N2O5. The Labute approximate surface area is 169 Å². The van der Waals surface area contributed by atoms with Crippen molar-refractivity contribution < 1.29 is 23.9 Å². The summed E-state index contributed by atoms with van der Waals surface area (Å²) in [6.45, 7) is 2.15. The van der Waals surface area contributed by atoms with E-state index >= 15 is 0 Å². The Kier molecular flexibility index (Phi) is 8.39. The minimum Gasteiger partial charge on any atom is -0.494 e. The molecular weight excluding hydrogens is 372 g/mol. The minimum absolute atomic E-state index is 0.0141. The fraction of sp³-hybridized carbons (Fsp3) is 0.273. The molecule has 29 heavy (non-hydrogen) atoms. The molecule has 0 bridgehead atoms. The molecule has 2 aromatic rings. The van der Waals surface area contributed by atoms with Gasteiger partial charge in [-0.2, -0.15) is 5.26 Å². The number of rotatable bonds is 10. The first kappa shape index (κ1) is 21.6. The molecule has 0 heterocycles. The van der Waals surface area contributed by atoms with E-state index in [4.69, 9.17) is 14.7 Å². The second kappa shape index (κ2) is 11.2. The summed E-state index contributed by atoms with van der Waals surface area (Å²) in [7, 11) is 0. The summed E-state index contributed by atoms with van der Waals surface area (Å²) in [6.07, 6.45) is 0.761. The van der Waals surface area contributed by atoms with E-state index < -0.39 is 18.5 Å². The minimum atomic E-state index is -0.637. The largest absolute Gasteiger partial charge is 0.494 e. The number of carbonyl (C=O) groups excluding carboxylic acids is 3. The number of nitrogens with zero attached hydrogens (tertiary/aromatic N) is 1. The molecule has 1 amide bonds. The first-order valence-electron chi connectivity index (χ1n) is 9.23. The fourth-order valence-corrected chi connectivity index (χ4v) is 2.40. The van der Waals surface area contributed by atoms with Gasteiger partial charge in [-0.3, -0.25) is 14.4 Å². The van der Waals surface area contributed by atoms with Crippen LogP contribution in [0.4, 0.5) is 5.69 Å². The summed E-state index contributed by atoms with van der Waals surface area (Å²) >= 11 is 0. The zero-order valence-electron chi connectivity index (χ0n) is 16.1. The number of anilines is 1. The molecule has 0 radical (unpaired) electrons.